The molecular weight excluding hydrogens is 933 g/mol. The molecule has 2 aromatic heterocycles. The number of nitrogens with two attached hydrogens (primary N) is 1. The van der Waals surface area contributed by atoms with E-state index in [0.717, 1.165) is 113 Å². The van der Waals surface area contributed by atoms with Crippen LogP contribution < -0.4 is 16.2 Å². The van der Waals surface area contributed by atoms with Gasteiger partial charge in [-0.15, -0.1) is 0 Å². The largest absolute Gasteiger partial charge is 0.398 e. The Hall–Kier alpha value is -9.51. The summed E-state index contributed by atoms with van der Waals surface area (Å²) >= 11 is 0. The van der Waals surface area contributed by atoms with Gasteiger partial charge in [0.15, 0.2) is 5.82 Å². The molecule has 0 fully saturated rings. The minimum Gasteiger partial charge on any atom is -0.398 e. The van der Waals surface area contributed by atoms with Crippen molar-refractivity contribution in [1.29, 1.82) is 0 Å². The molecule has 364 valence electrons. The number of para-hydroxylation sites is 2. The molecule has 2 aliphatic carbocycles. The molecule has 0 spiro atoms. The Kier molecular flexibility index (Phi) is 10.2. The zero-order valence-corrected chi connectivity index (χ0v) is 43.2. The molecule has 11 aromatic carbocycles. The van der Waals surface area contributed by atoms with Gasteiger partial charge in [-0.25, -0.2) is 9.97 Å². The second-order valence-electron chi connectivity index (χ2n) is 21.1. The zero-order valence-electron chi connectivity index (χ0n) is 43.2. The van der Waals surface area contributed by atoms with Crippen LogP contribution in [-0.4, -0.2) is 15.0 Å². The highest BCUT2D eigenvalue weighted by Gasteiger charge is 2.25. The minimum atomic E-state index is 0.343. The molecule has 4 nitrogen and oxygen atoms in total. The molecule has 1 unspecified atom stereocenters. The fourth-order valence-electron chi connectivity index (χ4n) is 13.0. The van der Waals surface area contributed by atoms with Crippen molar-refractivity contribution in [2.75, 3.05) is 5.73 Å². The zero-order chi connectivity index (χ0) is 51.5. The molecule has 0 aliphatic heterocycles. The van der Waals surface area contributed by atoms with Crippen LogP contribution in [-0.2, 0) is 0 Å². The highest BCUT2D eigenvalue weighted by molar-refractivity contribution is 6.26. The third-order valence-electron chi connectivity index (χ3n) is 16.7. The number of aryl methyl sites for hydroxylation is 2. The molecule has 0 saturated carbocycles. The van der Waals surface area contributed by atoms with E-state index in [1.807, 2.05) is 12.3 Å². The molecule has 0 amide bonds. The molecule has 2 aliphatic rings. The van der Waals surface area contributed by atoms with Crippen molar-refractivity contribution in [3.05, 3.63) is 233 Å². The van der Waals surface area contributed by atoms with Crippen LogP contribution in [0.15, 0.2) is 200 Å². The summed E-state index contributed by atoms with van der Waals surface area (Å²) in [6.07, 6.45) is 17.4. The highest BCUT2D eigenvalue weighted by Crippen LogP contribution is 2.46. The van der Waals surface area contributed by atoms with Crippen molar-refractivity contribution in [2.45, 2.75) is 39.5 Å². The van der Waals surface area contributed by atoms with Gasteiger partial charge in [0.1, 0.15) is 0 Å². The van der Waals surface area contributed by atoms with Crippen LogP contribution in [0.5, 0.6) is 0 Å². The predicted molar refractivity (Wildman–Crippen MR) is 327 cm³/mol. The van der Waals surface area contributed by atoms with E-state index in [2.05, 4.69) is 227 Å². The van der Waals surface area contributed by atoms with Gasteiger partial charge in [-0.1, -0.05) is 189 Å². The summed E-state index contributed by atoms with van der Waals surface area (Å²) in [4.78, 5) is 16.3. The first-order chi connectivity index (χ1) is 37.9. The Labute approximate surface area is 446 Å². The first-order valence-corrected chi connectivity index (χ1v) is 27.0. The SMILES string of the molecule is CC/C=C\c1cccc(-c2ccc(-c3nc(-c4ccc(-c5cccc6cccnc56)c(C)c4)nc4c(-c5ccc6c7c8c(ccc57)=CC=CC8CC=6)cc(-c5ccc6ccc7cccc8ccc5c6c78)cc34)cc2C)c1N. The number of fused-ring (bicyclic) bond motifs is 2. The molecule has 2 heterocycles. The molecule has 1 atom stereocenters. The number of pyridine rings is 1. The van der Waals surface area contributed by atoms with E-state index in [1.165, 1.54) is 64.7 Å². The van der Waals surface area contributed by atoms with Crippen LogP contribution in [0.25, 0.3) is 150 Å². The number of nitrogens with zero attached hydrogens (tertiary/aromatic N) is 3. The lowest BCUT2D eigenvalue weighted by Gasteiger charge is -2.24. The van der Waals surface area contributed by atoms with Crippen molar-refractivity contribution in [3.8, 4) is 67.2 Å². The number of rotatable bonds is 8. The molecule has 15 rings (SSSR count). The van der Waals surface area contributed by atoms with Crippen molar-refractivity contribution in [3.63, 3.8) is 0 Å². The summed E-state index contributed by atoms with van der Waals surface area (Å²) in [7, 11) is 0. The third kappa shape index (κ3) is 7.09. The Morgan fingerprint density at radius 1 is 0.519 bits per heavy atom. The van der Waals surface area contributed by atoms with Crippen LogP contribution in [0.2, 0.25) is 0 Å². The summed E-state index contributed by atoms with van der Waals surface area (Å²) in [6, 6.07) is 64.8. The second kappa shape index (κ2) is 17.5. The fraction of sp³-hybridized carbons (Fsp3) is 0.0822. The predicted octanol–water partition coefficient (Wildman–Crippen LogP) is 17.5. The van der Waals surface area contributed by atoms with Crippen molar-refractivity contribution >= 4 is 88.8 Å². The first-order valence-electron chi connectivity index (χ1n) is 27.0. The lowest BCUT2D eigenvalue weighted by Crippen LogP contribution is -2.23. The monoisotopic (exact) mass is 984 g/mol. The Morgan fingerprint density at radius 3 is 2.05 bits per heavy atom. The number of aromatic nitrogens is 3. The van der Waals surface area contributed by atoms with E-state index < -0.39 is 0 Å². The van der Waals surface area contributed by atoms with E-state index in [-0.39, 0.29) is 0 Å². The number of anilines is 1. The average Bonchev–Trinajstić information content (AvgIpc) is 3.47. The van der Waals surface area contributed by atoms with Crippen LogP contribution in [0.4, 0.5) is 5.69 Å². The van der Waals surface area contributed by atoms with Gasteiger partial charge in [0.2, 0.25) is 0 Å². The van der Waals surface area contributed by atoms with Gasteiger partial charge >= 0.3 is 0 Å². The number of nitrogen functional groups attached to an aromatic ring is 1. The Balaban J connectivity index is 1.03. The number of hydrogen-bond donors (Lipinski definition) is 1. The summed E-state index contributed by atoms with van der Waals surface area (Å²) in [5.41, 5.74) is 26.1. The average molecular weight is 985 g/mol. The maximum atomic E-state index is 6.97. The number of benzene rings is 11. The molecule has 2 N–H and O–H groups in total. The van der Waals surface area contributed by atoms with E-state index in [9.17, 15) is 0 Å². The highest BCUT2D eigenvalue weighted by atomic mass is 14.9. The normalized spacial score (nSPS) is 13.9. The van der Waals surface area contributed by atoms with Crippen LogP contribution in [0.1, 0.15) is 47.9 Å². The van der Waals surface area contributed by atoms with Crippen LogP contribution in [0.3, 0.4) is 0 Å². The van der Waals surface area contributed by atoms with E-state index >= 15 is 0 Å². The summed E-state index contributed by atoms with van der Waals surface area (Å²) < 4.78 is 0. The summed E-state index contributed by atoms with van der Waals surface area (Å²) in [5.74, 6) is 1.01. The van der Waals surface area contributed by atoms with Crippen LogP contribution >= 0.6 is 0 Å². The molecule has 4 heteroatoms. The maximum Gasteiger partial charge on any atom is 0.160 e. The topological polar surface area (TPSA) is 64.7 Å². The van der Waals surface area contributed by atoms with Gasteiger partial charge in [-0.3, -0.25) is 4.98 Å². The van der Waals surface area contributed by atoms with Gasteiger partial charge in [-0.2, -0.15) is 0 Å². The van der Waals surface area contributed by atoms with Crippen LogP contribution in [0, 0.1) is 13.8 Å². The van der Waals surface area contributed by atoms with Crippen molar-refractivity contribution in [2.24, 2.45) is 0 Å². The number of allylic oxidation sites excluding steroid dienone is 3. The summed E-state index contributed by atoms with van der Waals surface area (Å²) in [6.45, 7) is 6.53. The van der Waals surface area contributed by atoms with Crippen molar-refractivity contribution < 1.29 is 0 Å². The van der Waals surface area contributed by atoms with Gasteiger partial charge in [0, 0.05) is 56.4 Å². The maximum absolute atomic E-state index is 6.97. The number of hydrogen-bond acceptors (Lipinski definition) is 4. The molecule has 0 saturated heterocycles. The molecular formula is C73H52N4. The molecule has 0 bridgehead atoms. The minimum absolute atomic E-state index is 0.343. The first kappa shape index (κ1) is 44.9. The van der Waals surface area contributed by atoms with Gasteiger partial charge in [-0.05, 0) is 161 Å². The summed E-state index contributed by atoms with van der Waals surface area (Å²) in [5, 5.41) is 14.8. The Bertz CT molecular complexity index is 4840. The van der Waals surface area contributed by atoms with E-state index in [1.54, 1.807) is 0 Å². The lowest BCUT2D eigenvalue weighted by molar-refractivity contribution is 0.877. The van der Waals surface area contributed by atoms with Crippen molar-refractivity contribution in [1.82, 2.24) is 15.0 Å². The molecule has 13 aromatic rings. The quantitative estimate of drug-likeness (QED) is 0.122. The molecule has 0 radical (unpaired) electrons. The standard InChI is InChI=1S/C73H52N4/c1-4-5-11-50-16-8-19-61(69(50)74)55-31-29-52(38-42(55)2)71-64-41-54(57-33-25-48-23-21-44-12-6-14-46-27-35-59(57)67(48)65(44)46)40-63(58-34-26-49-24-22-45-13-7-15-47-28-36-60(58)68(49)66(45)47)72(64)77-73(76-71)53-30-32-56(43(3)39-53)62-20-9-17-51-18-10-37-75-70(51)62/h5-21,23-41,45H,4,22,74H2,1-3H3/b11-5-. The Morgan fingerprint density at radius 2 is 1.19 bits per heavy atom. The fourth-order valence-corrected chi connectivity index (χ4v) is 13.0. The molecule has 77 heavy (non-hydrogen) atoms. The van der Waals surface area contributed by atoms with Gasteiger partial charge in [0.05, 0.1) is 16.7 Å². The van der Waals surface area contributed by atoms with E-state index in [4.69, 9.17) is 20.7 Å². The second-order valence-corrected chi connectivity index (χ2v) is 21.1. The smallest absolute Gasteiger partial charge is 0.160 e. The van der Waals surface area contributed by atoms with Gasteiger partial charge in [0.25, 0.3) is 0 Å². The van der Waals surface area contributed by atoms with E-state index in [0.29, 0.717) is 11.7 Å². The lowest BCUT2D eigenvalue weighted by atomic mass is 9.80. The van der Waals surface area contributed by atoms with Gasteiger partial charge < -0.3 is 5.73 Å². The third-order valence-corrected chi connectivity index (χ3v) is 16.7.